The Balaban J connectivity index is 0.000000640. The van der Waals surface area contributed by atoms with Gasteiger partial charge in [0.1, 0.15) is 11.4 Å². The van der Waals surface area contributed by atoms with E-state index >= 15 is 0 Å². The second-order valence-electron chi connectivity index (χ2n) is 7.34. The third kappa shape index (κ3) is 9.51. The number of hydrogen-bond acceptors (Lipinski definition) is 5. The predicted molar refractivity (Wildman–Crippen MR) is 129 cm³/mol. The van der Waals surface area contributed by atoms with Gasteiger partial charge in [-0.05, 0) is 89.8 Å². The standard InChI is InChI=1S/C22H24N3O4.C5H5.Fe/c1-3-28-19-11-9-17(10-12-19)23-14-18(26)15-25-21(22(27)29-4-2)13-20(24-25)16-7-5-6-8-16;1-2-4-5-3-1;/h5-13,18H,3-4,14-15H2,1-2H3;1-5H;/q-2;;+2/t18-;;/m0../s1. The van der Waals surface area contributed by atoms with Crippen molar-refractivity contribution in [3.05, 3.63) is 111 Å². The summed E-state index contributed by atoms with van der Waals surface area (Å²) in [4.78, 5) is 12.3. The van der Waals surface area contributed by atoms with Crippen molar-refractivity contribution in [2.45, 2.75) is 26.5 Å². The summed E-state index contributed by atoms with van der Waals surface area (Å²) in [7, 11) is 0. The average Bonchev–Trinajstić information content (AvgIpc) is 3.63. The van der Waals surface area contributed by atoms with Gasteiger partial charge >= 0.3 is 23.0 Å². The predicted octanol–water partition coefficient (Wildman–Crippen LogP) is 3.67. The fraction of sp³-hybridized carbons (Fsp3) is 0.259. The average molecular weight is 515 g/mol. The topological polar surface area (TPSA) is 90.5 Å². The van der Waals surface area contributed by atoms with Crippen molar-refractivity contribution < 1.29 is 36.4 Å². The van der Waals surface area contributed by atoms with Gasteiger partial charge < -0.3 is 19.9 Å². The zero-order valence-corrected chi connectivity index (χ0v) is 20.9. The third-order valence-corrected chi connectivity index (χ3v) is 4.78. The molecule has 0 N–H and O–H groups in total. The maximum Gasteiger partial charge on any atom is 2.00 e. The molecule has 2 aliphatic carbocycles. The molecule has 8 heteroatoms. The van der Waals surface area contributed by atoms with Gasteiger partial charge in [-0.1, -0.05) is 12.1 Å². The Hall–Kier alpha value is -2.02. The van der Waals surface area contributed by atoms with Crippen molar-refractivity contribution in [1.29, 1.82) is 0 Å². The van der Waals surface area contributed by atoms with E-state index in [2.05, 4.69) is 10.4 Å². The van der Waals surface area contributed by atoms with Crippen LogP contribution < -0.4 is 9.84 Å². The van der Waals surface area contributed by atoms with Gasteiger partial charge in [-0.15, -0.1) is 18.3 Å². The summed E-state index contributed by atoms with van der Waals surface area (Å²) in [6.07, 6.45) is 16.5. The van der Waals surface area contributed by atoms with E-state index in [0.29, 0.717) is 18.0 Å². The maximum atomic E-state index is 12.5. The number of esters is 1. The molecule has 1 atom stereocenters. The zero-order chi connectivity index (χ0) is 24.2. The van der Waals surface area contributed by atoms with Crippen LogP contribution in [-0.2, 0) is 28.4 Å². The van der Waals surface area contributed by atoms with Crippen LogP contribution in [0.3, 0.4) is 0 Å². The molecule has 4 rings (SSSR count). The molecule has 1 aromatic carbocycles. The van der Waals surface area contributed by atoms with Crippen LogP contribution in [0.15, 0.2) is 30.3 Å². The second-order valence-corrected chi connectivity index (χ2v) is 7.34. The Morgan fingerprint density at radius 2 is 1.63 bits per heavy atom. The zero-order valence-electron chi connectivity index (χ0n) is 19.8. The summed E-state index contributed by atoms with van der Waals surface area (Å²) < 4.78 is 11.9. The number of ether oxygens (including phenoxy) is 2. The fourth-order valence-electron chi connectivity index (χ4n) is 3.20. The Bertz CT molecular complexity index is 854. The molecule has 2 fully saturated rings. The molecule has 0 aliphatic heterocycles. The number of rotatable bonds is 10. The van der Waals surface area contributed by atoms with E-state index in [1.807, 2.05) is 89.0 Å². The Kier molecular flexibility index (Phi) is 13.2. The molecular formula is C27H29FeN3O4. The van der Waals surface area contributed by atoms with Crippen LogP contribution in [0.25, 0.3) is 5.32 Å². The Morgan fingerprint density at radius 1 is 1.00 bits per heavy atom. The Morgan fingerprint density at radius 3 is 2.20 bits per heavy atom. The van der Waals surface area contributed by atoms with Gasteiger partial charge in [0.15, 0.2) is 0 Å². The molecule has 184 valence electrons. The molecule has 35 heavy (non-hydrogen) atoms. The van der Waals surface area contributed by atoms with E-state index in [0.717, 1.165) is 11.7 Å². The summed E-state index contributed by atoms with van der Waals surface area (Å²) in [6.45, 7) is 4.60. The van der Waals surface area contributed by atoms with Gasteiger partial charge in [-0.2, -0.15) is 5.10 Å². The molecule has 0 unspecified atom stereocenters. The van der Waals surface area contributed by atoms with E-state index in [1.165, 1.54) is 4.68 Å². The Labute approximate surface area is 220 Å². The third-order valence-electron chi connectivity index (χ3n) is 4.78. The van der Waals surface area contributed by atoms with E-state index in [9.17, 15) is 9.90 Å². The van der Waals surface area contributed by atoms with E-state index in [1.54, 1.807) is 13.0 Å². The monoisotopic (exact) mass is 515 g/mol. The van der Waals surface area contributed by atoms with Crippen LogP contribution in [-0.4, -0.2) is 41.6 Å². The number of carbonyl (C=O) groups excluding carboxylic acids is 1. The molecular weight excluding hydrogens is 486 g/mol. The summed E-state index contributed by atoms with van der Waals surface area (Å²) in [5.41, 5.74) is 1.61. The molecule has 2 aromatic rings. The first-order valence-corrected chi connectivity index (χ1v) is 11.3. The first kappa shape index (κ1) is 29.2. The number of nitrogens with zero attached hydrogens (tertiary/aromatic N) is 3. The van der Waals surface area contributed by atoms with Crippen LogP contribution in [0.2, 0.25) is 0 Å². The van der Waals surface area contributed by atoms with Crippen LogP contribution >= 0.6 is 0 Å². The number of carbonyl (C=O) groups is 1. The van der Waals surface area contributed by atoms with Crippen molar-refractivity contribution in [3.63, 3.8) is 0 Å². The number of benzene rings is 1. The summed E-state index contributed by atoms with van der Waals surface area (Å²) in [5, 5.41) is 21.3. The maximum absolute atomic E-state index is 12.5. The molecule has 7 nitrogen and oxygen atoms in total. The van der Waals surface area contributed by atoms with Crippen LogP contribution in [0.5, 0.6) is 5.75 Å². The quantitative estimate of drug-likeness (QED) is 0.356. The SMILES string of the molecule is CCOC(=O)c1cc([C]2[CH][CH][CH][CH]2)nn1C[C@@H]([O-])C[N-]c1ccc(OCC)cc1.[CH]1[CH][CH][CH][CH]1.[Fe+2]. The molecule has 0 bridgehead atoms. The molecule has 10 radical (unpaired) electrons. The van der Waals surface area contributed by atoms with Gasteiger partial charge in [-0.3, -0.25) is 4.68 Å². The minimum Gasteiger partial charge on any atom is -0.852 e. The largest absolute Gasteiger partial charge is 2.00 e. The summed E-state index contributed by atoms with van der Waals surface area (Å²) in [5.74, 6) is 1.16. The van der Waals surface area contributed by atoms with Crippen molar-refractivity contribution in [2.24, 2.45) is 0 Å². The number of hydrogen-bond donors (Lipinski definition) is 0. The number of aromatic nitrogens is 2. The molecule has 0 spiro atoms. The van der Waals surface area contributed by atoms with Crippen molar-refractivity contribution in [1.82, 2.24) is 9.78 Å². The summed E-state index contributed by atoms with van der Waals surface area (Å²) in [6, 6.07) is 8.91. The normalized spacial score (nSPS) is 16.1. The second kappa shape index (κ2) is 15.9. The summed E-state index contributed by atoms with van der Waals surface area (Å²) >= 11 is 0. The van der Waals surface area contributed by atoms with Gasteiger partial charge in [-0.25, -0.2) is 4.79 Å². The molecule has 1 heterocycles. The van der Waals surface area contributed by atoms with Crippen molar-refractivity contribution in [2.75, 3.05) is 19.8 Å². The van der Waals surface area contributed by atoms with Gasteiger partial charge in [0.2, 0.25) is 0 Å². The molecule has 0 saturated heterocycles. The van der Waals surface area contributed by atoms with Crippen LogP contribution in [0.4, 0.5) is 5.69 Å². The first-order chi connectivity index (χ1) is 16.6. The molecule has 0 amide bonds. The van der Waals surface area contributed by atoms with E-state index in [4.69, 9.17) is 9.47 Å². The first-order valence-electron chi connectivity index (χ1n) is 11.3. The van der Waals surface area contributed by atoms with Crippen molar-refractivity contribution in [3.8, 4) is 5.75 Å². The van der Waals surface area contributed by atoms with Crippen molar-refractivity contribution >= 4 is 11.7 Å². The van der Waals surface area contributed by atoms with Crippen LogP contribution in [0, 0.1) is 63.7 Å². The van der Waals surface area contributed by atoms with Gasteiger partial charge in [0.05, 0.1) is 18.9 Å². The molecule has 1 aromatic heterocycles. The van der Waals surface area contributed by atoms with E-state index in [-0.39, 0.29) is 42.5 Å². The minimum atomic E-state index is -1.05. The minimum absolute atomic E-state index is 0. The van der Waals surface area contributed by atoms with E-state index < -0.39 is 12.1 Å². The van der Waals surface area contributed by atoms with Gasteiger partial charge in [0.25, 0.3) is 0 Å². The molecule has 2 aliphatic rings. The van der Waals surface area contributed by atoms with Gasteiger partial charge in [0, 0.05) is 12.5 Å². The van der Waals surface area contributed by atoms with Crippen LogP contribution in [0.1, 0.15) is 30.0 Å². The smallest absolute Gasteiger partial charge is 0.852 e. The molecule has 2 saturated carbocycles. The fourth-order valence-corrected chi connectivity index (χ4v) is 3.20.